The lowest BCUT2D eigenvalue weighted by molar-refractivity contribution is 0.300. The highest BCUT2D eigenvalue weighted by Gasteiger charge is 2.38. The van der Waals surface area contributed by atoms with Crippen LogP contribution >= 0.6 is 12.2 Å². The molecule has 0 radical (unpaired) electrons. The maximum atomic E-state index is 13.3. The Kier molecular flexibility index (Phi) is 2.87. The third kappa shape index (κ3) is 2.04. The summed E-state index contributed by atoms with van der Waals surface area (Å²) in [6.45, 7) is 1.85. The molecule has 18 heavy (non-hydrogen) atoms. The second kappa shape index (κ2) is 4.40. The Hall–Kier alpha value is -1.33. The van der Waals surface area contributed by atoms with Crippen LogP contribution in [0, 0.1) is 5.82 Å². The van der Waals surface area contributed by atoms with Crippen LogP contribution in [0.2, 0.25) is 0 Å². The molecule has 2 aliphatic heterocycles. The van der Waals surface area contributed by atoms with Gasteiger partial charge in [-0.2, -0.15) is 0 Å². The van der Waals surface area contributed by atoms with E-state index in [1.807, 2.05) is 6.07 Å². The molecule has 0 atom stereocenters. The Balaban J connectivity index is 1.96. The molecular weight excluding hydrogens is 249 g/mol. The second-order valence-electron chi connectivity index (χ2n) is 4.71. The summed E-state index contributed by atoms with van der Waals surface area (Å²) in [6.07, 6.45) is 1.82. The molecule has 0 aromatic heterocycles. The lowest BCUT2D eigenvalue weighted by atomic mass is 10.00. The quantitative estimate of drug-likeness (QED) is 0.756. The predicted octanol–water partition coefficient (Wildman–Crippen LogP) is 1.63. The fourth-order valence-corrected chi connectivity index (χ4v) is 2.83. The number of aliphatic imine (C=N–C) groups is 1. The van der Waals surface area contributed by atoms with Crippen molar-refractivity contribution in [3.8, 4) is 0 Å². The highest BCUT2D eigenvalue weighted by molar-refractivity contribution is 7.82. The molecule has 1 spiro atoms. The standard InChI is InChI=1S/C13H14FN3S/c14-10-3-1-2-9(8-10)11-12(18)17-13(16-11)4-6-15-7-5-13/h1-3,8,15H,4-7H2,(H,17,18). The van der Waals surface area contributed by atoms with Gasteiger partial charge in [0.05, 0.1) is 0 Å². The second-order valence-corrected chi connectivity index (χ2v) is 5.11. The van der Waals surface area contributed by atoms with E-state index in [4.69, 9.17) is 17.2 Å². The molecular formula is C13H14FN3S. The lowest BCUT2D eigenvalue weighted by Gasteiger charge is -2.31. The minimum atomic E-state index is -0.274. The van der Waals surface area contributed by atoms with Crippen molar-refractivity contribution in [3.05, 3.63) is 35.6 Å². The number of hydrogen-bond acceptors (Lipinski definition) is 3. The maximum absolute atomic E-state index is 13.3. The number of piperidine rings is 1. The Morgan fingerprint density at radius 1 is 1.28 bits per heavy atom. The van der Waals surface area contributed by atoms with Crippen LogP contribution in [-0.2, 0) is 0 Å². The Morgan fingerprint density at radius 3 is 2.78 bits per heavy atom. The summed E-state index contributed by atoms with van der Waals surface area (Å²) in [6, 6.07) is 6.43. The van der Waals surface area contributed by atoms with Gasteiger partial charge in [0, 0.05) is 18.4 Å². The van der Waals surface area contributed by atoms with E-state index in [0.29, 0.717) is 10.7 Å². The van der Waals surface area contributed by atoms with Crippen molar-refractivity contribution < 1.29 is 4.39 Å². The predicted molar refractivity (Wildman–Crippen MR) is 73.5 cm³/mol. The summed E-state index contributed by atoms with van der Waals surface area (Å²) >= 11 is 5.33. The van der Waals surface area contributed by atoms with Crippen molar-refractivity contribution in [3.63, 3.8) is 0 Å². The van der Waals surface area contributed by atoms with Gasteiger partial charge in [-0.3, -0.25) is 4.99 Å². The molecule has 5 heteroatoms. The summed E-state index contributed by atoms with van der Waals surface area (Å²) in [5.74, 6) is -0.260. The number of nitrogens with one attached hydrogen (secondary N) is 2. The SMILES string of the molecule is Fc1cccc(C2=NC3(CCNCC3)NC2=S)c1. The number of halogens is 1. The van der Waals surface area contributed by atoms with Gasteiger partial charge in [0.2, 0.25) is 0 Å². The minimum Gasteiger partial charge on any atom is -0.350 e. The number of benzene rings is 1. The van der Waals surface area contributed by atoms with Crippen LogP contribution in [-0.4, -0.2) is 29.5 Å². The van der Waals surface area contributed by atoms with Crippen LogP contribution in [0.25, 0.3) is 0 Å². The van der Waals surface area contributed by atoms with E-state index in [-0.39, 0.29) is 11.5 Å². The Bertz CT molecular complexity index is 521. The van der Waals surface area contributed by atoms with Gasteiger partial charge in [-0.15, -0.1) is 0 Å². The van der Waals surface area contributed by atoms with Crippen LogP contribution in [0.3, 0.4) is 0 Å². The van der Waals surface area contributed by atoms with Crippen molar-refractivity contribution in [2.75, 3.05) is 13.1 Å². The van der Waals surface area contributed by atoms with E-state index >= 15 is 0 Å². The van der Waals surface area contributed by atoms with Crippen molar-refractivity contribution in [1.29, 1.82) is 0 Å². The molecule has 0 bridgehead atoms. The van der Waals surface area contributed by atoms with Crippen molar-refractivity contribution in [1.82, 2.24) is 10.6 Å². The molecule has 1 saturated heterocycles. The van der Waals surface area contributed by atoms with Crippen molar-refractivity contribution >= 4 is 22.9 Å². The molecule has 0 unspecified atom stereocenters. The molecule has 3 nitrogen and oxygen atoms in total. The fraction of sp³-hybridized carbons (Fsp3) is 0.385. The molecule has 0 aliphatic carbocycles. The van der Waals surface area contributed by atoms with Gasteiger partial charge in [0.1, 0.15) is 22.2 Å². The highest BCUT2D eigenvalue weighted by Crippen LogP contribution is 2.26. The third-order valence-electron chi connectivity index (χ3n) is 3.42. The molecule has 94 valence electrons. The number of rotatable bonds is 1. The number of thiocarbonyl (C=S) groups is 1. The minimum absolute atomic E-state index is 0.260. The highest BCUT2D eigenvalue weighted by atomic mass is 32.1. The Labute approximate surface area is 110 Å². The van der Waals surface area contributed by atoms with E-state index in [0.717, 1.165) is 31.5 Å². The van der Waals surface area contributed by atoms with Gasteiger partial charge < -0.3 is 10.6 Å². The average Bonchev–Trinajstić information content (AvgIpc) is 2.67. The van der Waals surface area contributed by atoms with Crippen molar-refractivity contribution in [2.45, 2.75) is 18.5 Å². The largest absolute Gasteiger partial charge is 0.350 e. The first kappa shape index (κ1) is 11.7. The van der Waals surface area contributed by atoms with E-state index in [1.165, 1.54) is 12.1 Å². The van der Waals surface area contributed by atoms with Gasteiger partial charge in [-0.1, -0.05) is 24.4 Å². The lowest BCUT2D eigenvalue weighted by Crippen LogP contribution is -2.49. The van der Waals surface area contributed by atoms with Gasteiger partial charge in [-0.05, 0) is 25.2 Å². The van der Waals surface area contributed by atoms with Crippen molar-refractivity contribution in [2.24, 2.45) is 4.99 Å². The third-order valence-corrected chi connectivity index (χ3v) is 3.71. The first-order valence-corrected chi connectivity index (χ1v) is 6.48. The van der Waals surface area contributed by atoms with E-state index < -0.39 is 0 Å². The summed E-state index contributed by atoms with van der Waals surface area (Å²) in [5.41, 5.74) is 1.19. The van der Waals surface area contributed by atoms with Crippen LogP contribution < -0.4 is 10.6 Å². The number of nitrogens with zero attached hydrogens (tertiary/aromatic N) is 1. The van der Waals surface area contributed by atoms with Crippen LogP contribution in [0.1, 0.15) is 18.4 Å². The molecule has 3 rings (SSSR count). The van der Waals surface area contributed by atoms with Gasteiger partial charge in [-0.25, -0.2) is 4.39 Å². The topological polar surface area (TPSA) is 36.4 Å². The molecule has 1 aromatic rings. The monoisotopic (exact) mass is 263 g/mol. The number of hydrogen-bond donors (Lipinski definition) is 2. The first-order valence-electron chi connectivity index (χ1n) is 6.08. The van der Waals surface area contributed by atoms with E-state index in [9.17, 15) is 4.39 Å². The normalized spacial score (nSPS) is 21.8. The van der Waals surface area contributed by atoms with Gasteiger partial charge in [0.25, 0.3) is 0 Å². The summed E-state index contributed by atoms with van der Waals surface area (Å²) in [7, 11) is 0. The van der Waals surface area contributed by atoms with Crippen LogP contribution in [0.5, 0.6) is 0 Å². The maximum Gasteiger partial charge on any atom is 0.133 e. The average molecular weight is 263 g/mol. The zero-order valence-corrected chi connectivity index (χ0v) is 10.7. The molecule has 2 heterocycles. The molecule has 0 saturated carbocycles. The smallest absolute Gasteiger partial charge is 0.133 e. The zero-order chi connectivity index (χ0) is 12.6. The fourth-order valence-electron chi connectivity index (χ4n) is 2.47. The van der Waals surface area contributed by atoms with E-state index in [1.54, 1.807) is 6.07 Å². The first-order chi connectivity index (χ1) is 8.69. The molecule has 1 fully saturated rings. The zero-order valence-electron chi connectivity index (χ0n) is 9.87. The van der Waals surface area contributed by atoms with Gasteiger partial charge in [0.15, 0.2) is 0 Å². The van der Waals surface area contributed by atoms with Gasteiger partial charge >= 0.3 is 0 Å². The Morgan fingerprint density at radius 2 is 2.06 bits per heavy atom. The molecule has 2 N–H and O–H groups in total. The summed E-state index contributed by atoms with van der Waals surface area (Å²) < 4.78 is 13.3. The molecule has 0 amide bonds. The van der Waals surface area contributed by atoms with Crippen LogP contribution in [0.15, 0.2) is 29.3 Å². The van der Waals surface area contributed by atoms with Crippen LogP contribution in [0.4, 0.5) is 4.39 Å². The summed E-state index contributed by atoms with van der Waals surface area (Å²) in [5, 5.41) is 6.60. The molecule has 1 aromatic carbocycles. The summed E-state index contributed by atoms with van der Waals surface area (Å²) in [4.78, 5) is 5.36. The molecule has 2 aliphatic rings. The van der Waals surface area contributed by atoms with E-state index in [2.05, 4.69) is 10.6 Å².